The van der Waals surface area contributed by atoms with Gasteiger partial charge in [0.15, 0.2) is 26.5 Å². The second-order valence-corrected chi connectivity index (χ2v) is 12.4. The molecule has 1 saturated heterocycles. The lowest BCUT2D eigenvalue weighted by Gasteiger charge is -2.31. The zero-order chi connectivity index (χ0) is 26.0. The fraction of sp³-hybridized carbons (Fsp3) is 0.400. The summed E-state index contributed by atoms with van der Waals surface area (Å²) in [5, 5.41) is 3.04. The topological polar surface area (TPSA) is 78.0 Å². The maximum absolute atomic E-state index is 13.3. The molecule has 3 aromatic rings. The van der Waals surface area contributed by atoms with Crippen molar-refractivity contribution in [3.63, 3.8) is 0 Å². The van der Waals surface area contributed by atoms with Gasteiger partial charge in [-0.25, -0.2) is 13.4 Å². The number of nitrogens with zero attached hydrogens (tertiary/aromatic N) is 2. The van der Waals surface area contributed by atoms with Gasteiger partial charge in [-0.2, -0.15) is 0 Å². The highest BCUT2D eigenvalue weighted by Gasteiger charge is 2.33. The Kier molecular flexibility index (Phi) is 8.24. The summed E-state index contributed by atoms with van der Waals surface area (Å²) in [5.41, 5.74) is 2.60. The van der Waals surface area contributed by atoms with Gasteiger partial charge in [-0.15, -0.1) is 11.3 Å². The molecule has 0 bridgehead atoms. The van der Waals surface area contributed by atoms with Crippen molar-refractivity contribution in [2.45, 2.75) is 36.3 Å². The summed E-state index contributed by atoms with van der Waals surface area (Å²) in [6, 6.07) is 6.91. The molecular formula is C25H28Cl2N2O5S2. The van der Waals surface area contributed by atoms with Crippen LogP contribution in [-0.4, -0.2) is 53.1 Å². The molecule has 1 fully saturated rings. The fourth-order valence-electron chi connectivity index (χ4n) is 4.36. The molecule has 36 heavy (non-hydrogen) atoms. The molecule has 0 amide bonds. The van der Waals surface area contributed by atoms with Crippen LogP contribution in [0.1, 0.15) is 29.7 Å². The molecule has 1 aromatic heterocycles. The lowest BCUT2D eigenvalue weighted by molar-refractivity contribution is 0.324. The first-order valence-electron chi connectivity index (χ1n) is 11.4. The number of hydrogen-bond acceptors (Lipinski definition) is 8. The Morgan fingerprint density at radius 2 is 1.64 bits per heavy atom. The standard InChI is InChI=1S/C25H28Cl2N2O5S2/c1-15-9-23(20(27)13-19(15)26)36(30,31)18-5-7-29(8-6-18)25-28-17(14-35-25)10-16-11-21(32-2)24(34-4)22(12-16)33-3/h9,11-14,18H,5-8,10H2,1-4H3. The van der Waals surface area contributed by atoms with Crippen molar-refractivity contribution in [2.24, 2.45) is 0 Å². The Morgan fingerprint density at radius 1 is 1.00 bits per heavy atom. The summed E-state index contributed by atoms with van der Waals surface area (Å²) in [4.78, 5) is 7.11. The van der Waals surface area contributed by atoms with Gasteiger partial charge < -0.3 is 19.1 Å². The number of piperidine rings is 1. The maximum atomic E-state index is 13.3. The van der Waals surface area contributed by atoms with Crippen molar-refractivity contribution in [3.05, 3.63) is 56.5 Å². The van der Waals surface area contributed by atoms with E-state index in [-0.39, 0.29) is 9.92 Å². The first kappa shape index (κ1) is 26.9. The van der Waals surface area contributed by atoms with Crippen LogP contribution in [0.2, 0.25) is 10.0 Å². The molecule has 0 spiro atoms. The lowest BCUT2D eigenvalue weighted by atomic mass is 10.1. The summed E-state index contributed by atoms with van der Waals surface area (Å²) < 4.78 is 42.9. The van der Waals surface area contributed by atoms with Crippen molar-refractivity contribution in [1.29, 1.82) is 0 Å². The second kappa shape index (κ2) is 11.0. The molecule has 1 aliphatic heterocycles. The minimum atomic E-state index is -3.56. The van der Waals surface area contributed by atoms with Crippen molar-refractivity contribution < 1.29 is 22.6 Å². The van der Waals surface area contributed by atoms with Crippen molar-refractivity contribution in [3.8, 4) is 17.2 Å². The highest BCUT2D eigenvalue weighted by molar-refractivity contribution is 7.92. The molecule has 0 radical (unpaired) electrons. The quantitative estimate of drug-likeness (QED) is 0.337. The highest BCUT2D eigenvalue weighted by Crippen LogP contribution is 2.39. The number of thiazole rings is 1. The zero-order valence-corrected chi connectivity index (χ0v) is 23.7. The van der Waals surface area contributed by atoms with Gasteiger partial charge in [0.05, 0.1) is 42.2 Å². The third-order valence-electron chi connectivity index (χ3n) is 6.32. The monoisotopic (exact) mass is 570 g/mol. The van der Waals surface area contributed by atoms with E-state index in [1.807, 2.05) is 17.5 Å². The summed E-state index contributed by atoms with van der Waals surface area (Å²) in [6.45, 7) is 2.98. The molecule has 4 rings (SSSR count). The normalized spacial score (nSPS) is 14.7. The molecule has 0 atom stereocenters. The molecule has 0 N–H and O–H groups in total. The van der Waals surface area contributed by atoms with Gasteiger partial charge in [0.25, 0.3) is 0 Å². The van der Waals surface area contributed by atoms with Crippen LogP contribution in [0.5, 0.6) is 17.2 Å². The smallest absolute Gasteiger partial charge is 0.203 e. The molecule has 0 aliphatic carbocycles. The lowest BCUT2D eigenvalue weighted by Crippen LogP contribution is -2.39. The number of benzene rings is 2. The second-order valence-electron chi connectivity index (χ2n) is 8.60. The van der Waals surface area contributed by atoms with Crippen LogP contribution < -0.4 is 19.1 Å². The van der Waals surface area contributed by atoms with Gasteiger partial charge in [0.1, 0.15) is 0 Å². The van der Waals surface area contributed by atoms with Gasteiger partial charge in [0, 0.05) is 29.9 Å². The Hall–Kier alpha value is -2.20. The number of rotatable bonds is 8. The number of aryl methyl sites for hydroxylation is 1. The van der Waals surface area contributed by atoms with E-state index in [1.54, 1.807) is 45.7 Å². The van der Waals surface area contributed by atoms with E-state index in [4.69, 9.17) is 42.4 Å². The van der Waals surface area contributed by atoms with Crippen LogP contribution in [0.25, 0.3) is 0 Å². The average molecular weight is 572 g/mol. The van der Waals surface area contributed by atoms with Gasteiger partial charge >= 0.3 is 0 Å². The van der Waals surface area contributed by atoms with E-state index < -0.39 is 15.1 Å². The third-order valence-corrected chi connectivity index (χ3v) is 10.4. The molecule has 0 unspecified atom stereocenters. The van der Waals surface area contributed by atoms with Crippen LogP contribution in [0.15, 0.2) is 34.5 Å². The molecule has 1 aliphatic rings. The molecule has 2 heterocycles. The molecule has 7 nitrogen and oxygen atoms in total. The predicted octanol–water partition coefficient (Wildman–Crippen LogP) is 5.82. The van der Waals surface area contributed by atoms with E-state index >= 15 is 0 Å². The minimum Gasteiger partial charge on any atom is -0.493 e. The van der Waals surface area contributed by atoms with E-state index in [0.29, 0.717) is 60.2 Å². The van der Waals surface area contributed by atoms with Gasteiger partial charge in [0.2, 0.25) is 5.75 Å². The summed E-state index contributed by atoms with van der Waals surface area (Å²) in [7, 11) is 1.20. The first-order chi connectivity index (χ1) is 17.2. The Labute approximate surface area is 225 Å². The number of methoxy groups -OCH3 is 3. The van der Waals surface area contributed by atoms with Crippen LogP contribution in [0, 0.1) is 6.92 Å². The molecular weight excluding hydrogens is 543 g/mol. The first-order valence-corrected chi connectivity index (χ1v) is 14.5. The summed E-state index contributed by atoms with van der Waals surface area (Å²) in [5.74, 6) is 1.75. The van der Waals surface area contributed by atoms with Crippen LogP contribution >= 0.6 is 34.5 Å². The number of sulfone groups is 1. The number of ether oxygens (including phenoxy) is 3. The Bertz CT molecular complexity index is 1330. The fourth-order valence-corrected chi connectivity index (χ4v) is 7.80. The zero-order valence-electron chi connectivity index (χ0n) is 20.5. The minimum absolute atomic E-state index is 0.159. The Balaban J connectivity index is 1.45. The number of halogens is 2. The predicted molar refractivity (Wildman–Crippen MR) is 145 cm³/mol. The number of hydrogen-bond donors (Lipinski definition) is 0. The molecule has 194 valence electrons. The average Bonchev–Trinajstić information content (AvgIpc) is 3.33. The van der Waals surface area contributed by atoms with E-state index in [1.165, 1.54) is 6.07 Å². The molecule has 2 aromatic carbocycles. The van der Waals surface area contributed by atoms with E-state index in [0.717, 1.165) is 16.4 Å². The van der Waals surface area contributed by atoms with Crippen LogP contribution in [0.3, 0.4) is 0 Å². The van der Waals surface area contributed by atoms with E-state index in [2.05, 4.69) is 4.90 Å². The van der Waals surface area contributed by atoms with Crippen molar-refractivity contribution >= 4 is 49.5 Å². The van der Waals surface area contributed by atoms with Crippen LogP contribution in [0.4, 0.5) is 5.13 Å². The van der Waals surface area contributed by atoms with Crippen molar-refractivity contribution in [2.75, 3.05) is 39.3 Å². The Morgan fingerprint density at radius 3 is 2.22 bits per heavy atom. The number of anilines is 1. The third kappa shape index (κ3) is 5.39. The SMILES string of the molecule is COc1cc(Cc2csc(N3CCC(S(=O)(=O)c4cc(C)c(Cl)cc4Cl)CC3)n2)cc(OC)c1OC. The molecule has 0 saturated carbocycles. The number of aromatic nitrogens is 1. The van der Waals surface area contributed by atoms with Crippen molar-refractivity contribution in [1.82, 2.24) is 4.98 Å². The van der Waals surface area contributed by atoms with Gasteiger partial charge in [-0.1, -0.05) is 23.2 Å². The maximum Gasteiger partial charge on any atom is 0.203 e. The molecule has 11 heteroatoms. The van der Waals surface area contributed by atoms with E-state index in [9.17, 15) is 8.42 Å². The van der Waals surface area contributed by atoms with Crippen LogP contribution in [-0.2, 0) is 16.3 Å². The summed E-state index contributed by atoms with van der Waals surface area (Å²) in [6.07, 6.45) is 1.61. The van der Waals surface area contributed by atoms with Gasteiger partial charge in [-0.3, -0.25) is 0 Å². The summed E-state index contributed by atoms with van der Waals surface area (Å²) >= 11 is 13.9. The largest absolute Gasteiger partial charge is 0.493 e. The highest BCUT2D eigenvalue weighted by atomic mass is 35.5. The van der Waals surface area contributed by atoms with Gasteiger partial charge in [-0.05, 0) is 55.2 Å².